The number of hydrogen-bond acceptors (Lipinski definition) is 3. The maximum absolute atomic E-state index is 12.6. The summed E-state index contributed by atoms with van der Waals surface area (Å²) in [7, 11) is 0.0237. The van der Waals surface area contributed by atoms with Gasteiger partial charge in [-0.2, -0.15) is 0 Å². The molecule has 4 nitrogen and oxygen atoms in total. The molecule has 0 heterocycles. The number of anilines is 1. The molecule has 19 heavy (non-hydrogen) atoms. The fourth-order valence-electron chi connectivity index (χ4n) is 2.72. The zero-order chi connectivity index (χ0) is 13.9. The van der Waals surface area contributed by atoms with Crippen LogP contribution in [0.5, 0.6) is 0 Å². The molecular formula is C14H22N2O2S. The van der Waals surface area contributed by atoms with E-state index < -0.39 is 10.0 Å². The average molecular weight is 282 g/mol. The van der Waals surface area contributed by atoms with Crippen molar-refractivity contribution in [2.75, 3.05) is 26.0 Å². The molecule has 5 heteroatoms. The van der Waals surface area contributed by atoms with Crippen molar-refractivity contribution < 1.29 is 8.42 Å². The van der Waals surface area contributed by atoms with Gasteiger partial charge in [-0.25, -0.2) is 12.7 Å². The molecule has 0 radical (unpaired) electrons. The van der Waals surface area contributed by atoms with Crippen molar-refractivity contribution in [3.63, 3.8) is 0 Å². The summed E-state index contributed by atoms with van der Waals surface area (Å²) in [6.45, 7) is 0.625. The third kappa shape index (κ3) is 3.09. The van der Waals surface area contributed by atoms with E-state index in [9.17, 15) is 8.42 Å². The zero-order valence-electron chi connectivity index (χ0n) is 11.6. The maximum Gasteiger partial charge on any atom is 0.244 e. The summed E-state index contributed by atoms with van der Waals surface area (Å²) in [5.41, 5.74) is 0.653. The molecule has 1 fully saturated rings. The van der Waals surface area contributed by atoms with Gasteiger partial charge >= 0.3 is 0 Å². The summed E-state index contributed by atoms with van der Waals surface area (Å²) < 4.78 is 26.7. The van der Waals surface area contributed by atoms with Crippen molar-refractivity contribution in [3.8, 4) is 0 Å². The number of para-hydroxylation sites is 1. The van der Waals surface area contributed by atoms with Gasteiger partial charge in [0.25, 0.3) is 0 Å². The van der Waals surface area contributed by atoms with Crippen molar-refractivity contribution in [1.82, 2.24) is 4.31 Å². The van der Waals surface area contributed by atoms with Crippen LogP contribution < -0.4 is 5.32 Å². The summed E-state index contributed by atoms with van der Waals surface area (Å²) in [5, 5.41) is 2.94. The topological polar surface area (TPSA) is 49.4 Å². The van der Waals surface area contributed by atoms with Crippen LogP contribution in [-0.2, 0) is 10.0 Å². The zero-order valence-corrected chi connectivity index (χ0v) is 12.4. The predicted molar refractivity (Wildman–Crippen MR) is 77.8 cm³/mol. The number of sulfonamides is 1. The molecule has 2 rings (SSSR count). The molecule has 1 aliphatic carbocycles. The Morgan fingerprint density at radius 3 is 2.53 bits per heavy atom. The predicted octanol–water partition coefficient (Wildman–Crippen LogP) is 2.54. The van der Waals surface area contributed by atoms with Gasteiger partial charge in [-0.15, -0.1) is 0 Å². The number of hydrogen-bond donors (Lipinski definition) is 1. The first-order valence-electron chi connectivity index (χ1n) is 6.79. The summed E-state index contributed by atoms with van der Waals surface area (Å²) >= 11 is 0. The third-order valence-electron chi connectivity index (χ3n) is 3.83. The SMILES string of the molecule is CNc1ccccc1S(=O)(=O)N(C)CC1CCCC1. The highest BCUT2D eigenvalue weighted by molar-refractivity contribution is 7.89. The van der Waals surface area contributed by atoms with Gasteiger partial charge in [0.1, 0.15) is 4.90 Å². The molecule has 0 aliphatic heterocycles. The van der Waals surface area contributed by atoms with E-state index in [0.29, 0.717) is 23.0 Å². The van der Waals surface area contributed by atoms with E-state index in [1.807, 2.05) is 6.07 Å². The molecule has 0 saturated heterocycles. The van der Waals surface area contributed by atoms with Crippen molar-refractivity contribution in [1.29, 1.82) is 0 Å². The van der Waals surface area contributed by atoms with Gasteiger partial charge < -0.3 is 5.32 Å². The van der Waals surface area contributed by atoms with Gasteiger partial charge in [0.2, 0.25) is 10.0 Å². The van der Waals surface area contributed by atoms with Crippen LogP contribution >= 0.6 is 0 Å². The molecule has 0 spiro atoms. The Kier molecular flexibility index (Phi) is 4.47. The molecule has 0 bridgehead atoms. The van der Waals surface area contributed by atoms with Gasteiger partial charge in [0.05, 0.1) is 5.69 Å². The molecule has 1 aromatic rings. The first-order valence-corrected chi connectivity index (χ1v) is 8.23. The molecule has 1 saturated carbocycles. The lowest BCUT2D eigenvalue weighted by Gasteiger charge is -2.22. The standard InChI is InChI=1S/C14H22N2O2S/c1-15-13-9-5-6-10-14(13)19(17,18)16(2)11-12-7-3-4-8-12/h5-6,9-10,12,15H,3-4,7-8,11H2,1-2H3. The smallest absolute Gasteiger partial charge is 0.244 e. The van der Waals surface area contributed by atoms with Gasteiger partial charge in [0.15, 0.2) is 0 Å². The minimum Gasteiger partial charge on any atom is -0.387 e. The van der Waals surface area contributed by atoms with Gasteiger partial charge in [0, 0.05) is 20.6 Å². The van der Waals surface area contributed by atoms with Gasteiger partial charge in [-0.3, -0.25) is 0 Å². The Hall–Kier alpha value is -1.07. The molecule has 0 atom stereocenters. The molecule has 1 aromatic carbocycles. The lowest BCUT2D eigenvalue weighted by atomic mass is 10.1. The van der Waals surface area contributed by atoms with Crippen LogP contribution in [0.4, 0.5) is 5.69 Å². The van der Waals surface area contributed by atoms with Crippen molar-refractivity contribution in [2.45, 2.75) is 30.6 Å². The van der Waals surface area contributed by atoms with Crippen molar-refractivity contribution in [3.05, 3.63) is 24.3 Å². The van der Waals surface area contributed by atoms with Crippen LogP contribution in [0.3, 0.4) is 0 Å². The second kappa shape index (κ2) is 5.92. The number of benzene rings is 1. The van der Waals surface area contributed by atoms with Crippen LogP contribution in [0.1, 0.15) is 25.7 Å². The normalized spacial score (nSPS) is 17.0. The van der Waals surface area contributed by atoms with Crippen LogP contribution in [0, 0.1) is 5.92 Å². The van der Waals surface area contributed by atoms with E-state index in [1.54, 1.807) is 32.3 Å². The van der Waals surface area contributed by atoms with E-state index in [1.165, 1.54) is 17.1 Å². The van der Waals surface area contributed by atoms with Gasteiger partial charge in [-0.05, 0) is 30.9 Å². The quantitative estimate of drug-likeness (QED) is 0.903. The van der Waals surface area contributed by atoms with E-state index in [-0.39, 0.29) is 0 Å². The van der Waals surface area contributed by atoms with E-state index in [2.05, 4.69) is 5.32 Å². The molecule has 1 N–H and O–H groups in total. The third-order valence-corrected chi connectivity index (χ3v) is 5.72. The Balaban J connectivity index is 2.20. The molecular weight excluding hydrogens is 260 g/mol. The van der Waals surface area contributed by atoms with Crippen LogP contribution in [0.2, 0.25) is 0 Å². The lowest BCUT2D eigenvalue weighted by Crippen LogP contribution is -2.31. The second-order valence-electron chi connectivity index (χ2n) is 5.18. The van der Waals surface area contributed by atoms with Gasteiger partial charge in [-0.1, -0.05) is 25.0 Å². The molecule has 0 unspecified atom stereocenters. The highest BCUT2D eigenvalue weighted by Gasteiger charge is 2.27. The number of nitrogens with zero attached hydrogens (tertiary/aromatic N) is 1. The summed E-state index contributed by atoms with van der Waals surface area (Å²) in [5.74, 6) is 0.515. The van der Waals surface area contributed by atoms with E-state index in [4.69, 9.17) is 0 Å². The highest BCUT2D eigenvalue weighted by Crippen LogP contribution is 2.28. The molecule has 0 amide bonds. The van der Waals surface area contributed by atoms with E-state index in [0.717, 1.165) is 12.8 Å². The monoisotopic (exact) mass is 282 g/mol. The summed E-state index contributed by atoms with van der Waals surface area (Å²) in [6.07, 6.45) is 4.75. The first-order chi connectivity index (χ1) is 9.05. The second-order valence-corrected chi connectivity index (χ2v) is 7.20. The van der Waals surface area contributed by atoms with E-state index >= 15 is 0 Å². The fraction of sp³-hybridized carbons (Fsp3) is 0.571. The molecule has 106 valence electrons. The Morgan fingerprint density at radius 1 is 1.26 bits per heavy atom. The minimum atomic E-state index is -3.40. The van der Waals surface area contributed by atoms with Crippen LogP contribution in [0.15, 0.2) is 29.2 Å². The summed E-state index contributed by atoms with van der Waals surface area (Å²) in [4.78, 5) is 0.359. The molecule has 1 aliphatic rings. The largest absolute Gasteiger partial charge is 0.387 e. The minimum absolute atomic E-state index is 0.359. The maximum atomic E-state index is 12.6. The highest BCUT2D eigenvalue weighted by atomic mass is 32.2. The Labute approximate surface area is 115 Å². The van der Waals surface area contributed by atoms with Crippen LogP contribution in [-0.4, -0.2) is 33.4 Å². The fourth-order valence-corrected chi connectivity index (χ4v) is 4.16. The van der Waals surface area contributed by atoms with Crippen molar-refractivity contribution >= 4 is 15.7 Å². The summed E-state index contributed by atoms with van der Waals surface area (Å²) in [6, 6.07) is 7.04. The molecule has 0 aromatic heterocycles. The number of rotatable bonds is 5. The first kappa shape index (κ1) is 14.3. The van der Waals surface area contributed by atoms with Crippen molar-refractivity contribution in [2.24, 2.45) is 5.92 Å². The lowest BCUT2D eigenvalue weighted by molar-refractivity contribution is 0.387. The van der Waals surface area contributed by atoms with Crippen LogP contribution in [0.25, 0.3) is 0 Å². The number of nitrogens with one attached hydrogen (secondary N) is 1. The Bertz CT molecular complexity index is 522. The Morgan fingerprint density at radius 2 is 1.89 bits per heavy atom. The average Bonchev–Trinajstić information content (AvgIpc) is 2.91.